The number of fused-ring (bicyclic) bond motifs is 6. The number of benzene rings is 7. The summed E-state index contributed by atoms with van der Waals surface area (Å²) in [6.45, 7) is 8.30. The summed E-state index contributed by atoms with van der Waals surface area (Å²) in [5.41, 5.74) is 10.6. The summed E-state index contributed by atoms with van der Waals surface area (Å²) in [7, 11) is 0. The standard InChI is InChI=1S/C44H26N4/c1-46-37-26-25-30(28-45)43(29-13-12-14-31(27-29)47-38-20-7-2-15-32(38)33-16-3-8-21-39(33)47)44(37)36-19-6-11-24-42(36)48-40-22-9-4-17-34(40)35-18-5-10-23-41(35)48/h2-27H. The van der Waals surface area contributed by atoms with E-state index in [0.29, 0.717) is 11.3 Å². The molecule has 222 valence electrons. The van der Waals surface area contributed by atoms with Crippen molar-refractivity contribution in [2.24, 2.45) is 0 Å². The van der Waals surface area contributed by atoms with Gasteiger partial charge >= 0.3 is 0 Å². The summed E-state index contributed by atoms with van der Waals surface area (Å²) < 4.78 is 4.57. The average Bonchev–Trinajstić information content (AvgIpc) is 3.67. The highest BCUT2D eigenvalue weighted by Crippen LogP contribution is 2.46. The van der Waals surface area contributed by atoms with Crippen molar-refractivity contribution in [1.29, 1.82) is 5.26 Å². The molecule has 0 bridgehead atoms. The van der Waals surface area contributed by atoms with Crippen molar-refractivity contribution < 1.29 is 0 Å². The molecule has 7 aromatic carbocycles. The molecule has 0 aliphatic rings. The first-order chi connectivity index (χ1) is 23.8. The molecule has 2 aromatic heterocycles. The maximum atomic E-state index is 10.5. The Morgan fingerprint density at radius 2 is 1.02 bits per heavy atom. The Morgan fingerprint density at radius 3 is 1.58 bits per heavy atom. The van der Waals surface area contributed by atoms with Crippen LogP contribution in [-0.2, 0) is 0 Å². The summed E-state index contributed by atoms with van der Waals surface area (Å²) in [6, 6.07) is 56.4. The Kier molecular flexibility index (Phi) is 6.22. The fourth-order valence-corrected chi connectivity index (χ4v) is 7.41. The summed E-state index contributed by atoms with van der Waals surface area (Å²) in [6.07, 6.45) is 0. The largest absolute Gasteiger partial charge is 0.309 e. The Balaban J connectivity index is 1.34. The van der Waals surface area contributed by atoms with Gasteiger partial charge in [-0.15, -0.1) is 0 Å². The minimum atomic E-state index is 0.500. The van der Waals surface area contributed by atoms with Crippen LogP contribution in [0.1, 0.15) is 5.56 Å². The van der Waals surface area contributed by atoms with Gasteiger partial charge in [0.05, 0.1) is 46.0 Å². The third kappa shape index (κ3) is 4.01. The van der Waals surface area contributed by atoms with Gasteiger partial charge in [0.2, 0.25) is 0 Å². The maximum Gasteiger partial charge on any atom is 0.195 e. The van der Waals surface area contributed by atoms with E-state index in [-0.39, 0.29) is 0 Å². The Bertz CT molecular complexity index is 2710. The number of nitriles is 1. The highest BCUT2D eigenvalue weighted by Gasteiger charge is 2.22. The van der Waals surface area contributed by atoms with Gasteiger partial charge in [-0.3, -0.25) is 0 Å². The quantitative estimate of drug-likeness (QED) is 0.183. The van der Waals surface area contributed by atoms with E-state index < -0.39 is 0 Å². The normalized spacial score (nSPS) is 11.3. The van der Waals surface area contributed by atoms with Crippen molar-refractivity contribution >= 4 is 49.3 Å². The molecule has 48 heavy (non-hydrogen) atoms. The molecule has 0 aliphatic carbocycles. The van der Waals surface area contributed by atoms with Crippen LogP contribution in [0.5, 0.6) is 0 Å². The van der Waals surface area contributed by atoms with Gasteiger partial charge < -0.3 is 9.13 Å². The van der Waals surface area contributed by atoms with Crippen LogP contribution in [0.2, 0.25) is 0 Å². The highest BCUT2D eigenvalue weighted by atomic mass is 15.0. The number of hydrogen-bond donors (Lipinski definition) is 0. The van der Waals surface area contributed by atoms with Crippen LogP contribution in [0.4, 0.5) is 5.69 Å². The zero-order valence-electron chi connectivity index (χ0n) is 25.8. The minimum Gasteiger partial charge on any atom is -0.309 e. The molecule has 0 spiro atoms. The first-order valence-electron chi connectivity index (χ1n) is 15.9. The molecule has 0 saturated heterocycles. The fraction of sp³-hybridized carbons (Fsp3) is 0. The van der Waals surface area contributed by atoms with Crippen molar-refractivity contribution in [3.8, 4) is 39.7 Å². The van der Waals surface area contributed by atoms with Crippen LogP contribution in [0.25, 0.3) is 82.1 Å². The van der Waals surface area contributed by atoms with E-state index in [1.165, 1.54) is 10.8 Å². The van der Waals surface area contributed by atoms with E-state index in [1.54, 1.807) is 12.1 Å². The van der Waals surface area contributed by atoms with Gasteiger partial charge in [-0.2, -0.15) is 5.26 Å². The predicted octanol–water partition coefficient (Wildman–Crippen LogP) is 11.6. The van der Waals surface area contributed by atoms with Crippen molar-refractivity contribution in [2.45, 2.75) is 0 Å². The van der Waals surface area contributed by atoms with Crippen LogP contribution in [-0.4, -0.2) is 9.13 Å². The van der Waals surface area contributed by atoms with E-state index in [9.17, 15) is 5.26 Å². The number of para-hydroxylation sites is 5. The first-order valence-corrected chi connectivity index (χ1v) is 15.9. The highest BCUT2D eigenvalue weighted by molar-refractivity contribution is 6.11. The lowest BCUT2D eigenvalue weighted by Gasteiger charge is -2.20. The molecule has 0 aliphatic heterocycles. The van der Waals surface area contributed by atoms with Crippen LogP contribution < -0.4 is 0 Å². The molecule has 9 rings (SSSR count). The average molecular weight is 611 g/mol. The molecule has 0 atom stereocenters. The summed E-state index contributed by atoms with van der Waals surface area (Å²) in [5.74, 6) is 0. The van der Waals surface area contributed by atoms with E-state index in [4.69, 9.17) is 6.57 Å². The molecule has 9 aromatic rings. The molecule has 0 fully saturated rings. The molecule has 4 nitrogen and oxygen atoms in total. The van der Waals surface area contributed by atoms with Gasteiger partial charge in [0, 0.05) is 27.2 Å². The molecular formula is C44H26N4. The number of nitrogens with zero attached hydrogens (tertiary/aromatic N) is 4. The SMILES string of the molecule is [C-]#[N+]c1ccc(C#N)c(-c2cccc(-n3c4ccccc4c4ccccc43)c2)c1-c1ccccc1-n1c2ccccc2c2ccccc21. The lowest BCUT2D eigenvalue weighted by Crippen LogP contribution is -2.00. The van der Waals surface area contributed by atoms with Crippen LogP contribution in [0, 0.1) is 17.9 Å². The van der Waals surface area contributed by atoms with Crippen molar-refractivity contribution in [3.05, 3.63) is 175 Å². The second kappa shape index (κ2) is 10.9. The molecule has 4 heteroatoms. The molecular weight excluding hydrogens is 585 g/mol. The lowest BCUT2D eigenvalue weighted by molar-refractivity contribution is 1.18. The molecule has 0 N–H and O–H groups in total. The number of rotatable bonds is 4. The topological polar surface area (TPSA) is 38.0 Å². The second-order valence-electron chi connectivity index (χ2n) is 11.9. The van der Waals surface area contributed by atoms with Gasteiger partial charge in [-0.1, -0.05) is 115 Å². The maximum absolute atomic E-state index is 10.5. The number of hydrogen-bond acceptors (Lipinski definition) is 1. The zero-order valence-corrected chi connectivity index (χ0v) is 25.8. The lowest BCUT2D eigenvalue weighted by atomic mass is 9.88. The zero-order chi connectivity index (χ0) is 32.2. The van der Waals surface area contributed by atoms with E-state index in [1.807, 2.05) is 24.3 Å². The Hall–Kier alpha value is -6.88. The van der Waals surface area contributed by atoms with E-state index in [0.717, 1.165) is 66.5 Å². The molecule has 0 radical (unpaired) electrons. The third-order valence-corrected chi connectivity index (χ3v) is 9.39. The molecule has 0 saturated carbocycles. The molecule has 0 unspecified atom stereocenters. The van der Waals surface area contributed by atoms with Gasteiger partial charge in [0.25, 0.3) is 0 Å². The van der Waals surface area contributed by atoms with Crippen LogP contribution in [0.3, 0.4) is 0 Å². The van der Waals surface area contributed by atoms with Gasteiger partial charge in [-0.05, 0) is 64.7 Å². The minimum absolute atomic E-state index is 0.500. The van der Waals surface area contributed by atoms with Crippen molar-refractivity contribution in [1.82, 2.24) is 9.13 Å². The molecule has 0 amide bonds. The van der Waals surface area contributed by atoms with Crippen molar-refractivity contribution in [3.63, 3.8) is 0 Å². The fourth-order valence-electron chi connectivity index (χ4n) is 7.41. The van der Waals surface area contributed by atoms with E-state index >= 15 is 0 Å². The monoisotopic (exact) mass is 610 g/mol. The summed E-state index contributed by atoms with van der Waals surface area (Å²) >= 11 is 0. The van der Waals surface area contributed by atoms with Crippen LogP contribution in [0.15, 0.2) is 158 Å². The molecule has 2 heterocycles. The summed E-state index contributed by atoms with van der Waals surface area (Å²) in [5, 5.41) is 15.3. The van der Waals surface area contributed by atoms with Crippen LogP contribution >= 0.6 is 0 Å². The third-order valence-electron chi connectivity index (χ3n) is 9.39. The number of aromatic nitrogens is 2. The van der Waals surface area contributed by atoms with Gasteiger partial charge in [-0.25, -0.2) is 4.85 Å². The van der Waals surface area contributed by atoms with E-state index in [2.05, 4.69) is 141 Å². The predicted molar refractivity (Wildman–Crippen MR) is 197 cm³/mol. The van der Waals surface area contributed by atoms with Gasteiger partial charge in [0.1, 0.15) is 0 Å². The first kappa shape index (κ1) is 27.4. The second-order valence-corrected chi connectivity index (χ2v) is 11.9. The Labute approximate surface area is 277 Å². The Morgan fingerprint density at radius 1 is 0.500 bits per heavy atom. The van der Waals surface area contributed by atoms with Crippen molar-refractivity contribution in [2.75, 3.05) is 0 Å². The summed E-state index contributed by atoms with van der Waals surface area (Å²) in [4.78, 5) is 4.04. The smallest absolute Gasteiger partial charge is 0.195 e. The van der Waals surface area contributed by atoms with Gasteiger partial charge in [0.15, 0.2) is 5.69 Å².